The van der Waals surface area contributed by atoms with Crippen LogP contribution in [0, 0.1) is 0 Å². The number of para-hydroxylation sites is 1. The number of benzene rings is 1. The molecule has 0 aliphatic rings. The van der Waals surface area contributed by atoms with Crippen LogP contribution < -0.4 is 5.73 Å². The summed E-state index contributed by atoms with van der Waals surface area (Å²) < 4.78 is 10.1. The smallest absolute Gasteiger partial charge is 0.340 e. The zero-order valence-corrected chi connectivity index (χ0v) is 9.60. The van der Waals surface area contributed by atoms with E-state index in [-0.39, 0.29) is 12.1 Å². The van der Waals surface area contributed by atoms with Crippen LogP contribution in [0.3, 0.4) is 0 Å². The zero-order valence-electron chi connectivity index (χ0n) is 9.60. The largest absolute Gasteiger partial charge is 0.459 e. The molecule has 1 aromatic rings. The Morgan fingerprint density at radius 1 is 1.44 bits per heavy atom. The van der Waals surface area contributed by atoms with Crippen molar-refractivity contribution in [1.29, 1.82) is 0 Å². The molecule has 0 aliphatic carbocycles. The van der Waals surface area contributed by atoms with Crippen molar-refractivity contribution < 1.29 is 14.3 Å². The Hall–Kier alpha value is -1.55. The summed E-state index contributed by atoms with van der Waals surface area (Å²) in [6.07, 6.45) is 0.502. The predicted molar refractivity (Wildman–Crippen MR) is 62.2 cm³/mol. The Bertz CT molecular complexity index is 352. The molecule has 4 heteroatoms. The Balaban J connectivity index is 2.56. The lowest BCUT2D eigenvalue weighted by Crippen LogP contribution is -2.17. The number of carbonyl (C=O) groups is 1. The fourth-order valence-electron chi connectivity index (χ4n) is 1.27. The van der Waals surface area contributed by atoms with E-state index < -0.39 is 0 Å². The summed E-state index contributed by atoms with van der Waals surface area (Å²) in [4.78, 5) is 11.7. The van der Waals surface area contributed by atoms with Gasteiger partial charge in [-0.1, -0.05) is 12.1 Å². The van der Waals surface area contributed by atoms with Crippen LogP contribution in [-0.4, -0.2) is 25.8 Å². The fraction of sp³-hybridized carbons (Fsp3) is 0.417. The van der Waals surface area contributed by atoms with Crippen molar-refractivity contribution in [2.75, 3.05) is 19.5 Å². The van der Waals surface area contributed by atoms with Crippen LogP contribution >= 0.6 is 0 Å². The molecule has 0 aliphatic heterocycles. The summed E-state index contributed by atoms with van der Waals surface area (Å²) in [6.45, 7) is 2.40. The fourth-order valence-corrected chi connectivity index (χ4v) is 1.27. The zero-order chi connectivity index (χ0) is 12.0. The summed E-state index contributed by atoms with van der Waals surface area (Å²) in [6, 6.07) is 6.87. The molecule has 1 rings (SSSR count). The Morgan fingerprint density at radius 2 is 2.12 bits per heavy atom. The first-order valence-corrected chi connectivity index (χ1v) is 5.19. The van der Waals surface area contributed by atoms with Gasteiger partial charge in [-0.3, -0.25) is 0 Å². The summed E-state index contributed by atoms with van der Waals surface area (Å²) in [5.74, 6) is -0.387. The van der Waals surface area contributed by atoms with Gasteiger partial charge in [-0.15, -0.1) is 0 Å². The minimum absolute atomic E-state index is 0.174. The molecule has 0 heterocycles. The summed E-state index contributed by atoms with van der Waals surface area (Å²) in [7, 11) is 1.61. The first kappa shape index (κ1) is 12.5. The monoisotopic (exact) mass is 223 g/mol. The molecule has 0 aromatic heterocycles. The SMILES string of the molecule is COCCC(C)OC(=O)c1ccccc1N. The second-order valence-corrected chi connectivity index (χ2v) is 3.58. The number of anilines is 1. The molecule has 1 atom stereocenters. The summed E-state index contributed by atoms with van der Waals surface area (Å²) in [5.41, 5.74) is 6.52. The summed E-state index contributed by atoms with van der Waals surface area (Å²) >= 11 is 0. The van der Waals surface area contributed by atoms with Crippen LogP contribution in [0.1, 0.15) is 23.7 Å². The molecule has 88 valence electrons. The van der Waals surface area contributed by atoms with E-state index in [2.05, 4.69) is 0 Å². The van der Waals surface area contributed by atoms with E-state index in [1.54, 1.807) is 31.4 Å². The highest BCUT2D eigenvalue weighted by Gasteiger charge is 2.13. The number of methoxy groups -OCH3 is 1. The standard InChI is InChI=1S/C12H17NO3/c1-9(7-8-15-2)16-12(14)10-5-3-4-6-11(10)13/h3-6,9H,7-8,13H2,1-2H3. The van der Waals surface area contributed by atoms with E-state index in [4.69, 9.17) is 15.2 Å². The molecule has 16 heavy (non-hydrogen) atoms. The van der Waals surface area contributed by atoms with Gasteiger partial charge in [0.05, 0.1) is 5.56 Å². The van der Waals surface area contributed by atoms with Crippen LogP contribution in [0.4, 0.5) is 5.69 Å². The van der Waals surface area contributed by atoms with Crippen molar-refractivity contribution in [3.8, 4) is 0 Å². The van der Waals surface area contributed by atoms with Gasteiger partial charge in [0.25, 0.3) is 0 Å². The third-order valence-corrected chi connectivity index (χ3v) is 2.22. The van der Waals surface area contributed by atoms with Crippen molar-refractivity contribution >= 4 is 11.7 Å². The van der Waals surface area contributed by atoms with Gasteiger partial charge in [-0.2, -0.15) is 0 Å². The highest BCUT2D eigenvalue weighted by atomic mass is 16.5. The topological polar surface area (TPSA) is 61.5 Å². The summed E-state index contributed by atoms with van der Waals surface area (Å²) in [5, 5.41) is 0. The van der Waals surface area contributed by atoms with Crippen LogP contribution in [-0.2, 0) is 9.47 Å². The molecule has 0 bridgehead atoms. The van der Waals surface area contributed by atoms with Gasteiger partial charge in [-0.25, -0.2) is 4.79 Å². The van der Waals surface area contributed by atoms with Crippen molar-refractivity contribution in [3.63, 3.8) is 0 Å². The minimum atomic E-state index is -0.387. The number of hydrogen-bond donors (Lipinski definition) is 1. The molecule has 0 radical (unpaired) electrons. The van der Waals surface area contributed by atoms with Gasteiger partial charge < -0.3 is 15.2 Å². The molecule has 0 saturated heterocycles. The Labute approximate surface area is 95.3 Å². The lowest BCUT2D eigenvalue weighted by molar-refractivity contribution is 0.0268. The molecular weight excluding hydrogens is 206 g/mol. The van der Waals surface area contributed by atoms with Crippen molar-refractivity contribution in [2.24, 2.45) is 0 Å². The Kier molecular flexibility index (Phi) is 4.79. The van der Waals surface area contributed by atoms with E-state index in [1.165, 1.54) is 0 Å². The highest BCUT2D eigenvalue weighted by molar-refractivity contribution is 5.95. The quantitative estimate of drug-likeness (QED) is 0.611. The van der Waals surface area contributed by atoms with Crippen LogP contribution in [0.5, 0.6) is 0 Å². The number of hydrogen-bond acceptors (Lipinski definition) is 4. The number of nitrogen functional groups attached to an aromatic ring is 1. The van der Waals surface area contributed by atoms with E-state index in [0.29, 0.717) is 24.3 Å². The molecule has 0 spiro atoms. The third kappa shape index (κ3) is 3.55. The predicted octanol–water partition coefficient (Wildman–Crippen LogP) is 1.85. The number of nitrogens with two attached hydrogens (primary N) is 1. The average Bonchev–Trinajstić information content (AvgIpc) is 2.26. The van der Waals surface area contributed by atoms with E-state index in [9.17, 15) is 4.79 Å². The number of ether oxygens (including phenoxy) is 2. The first-order valence-electron chi connectivity index (χ1n) is 5.19. The second kappa shape index (κ2) is 6.12. The highest BCUT2D eigenvalue weighted by Crippen LogP contribution is 2.13. The maximum atomic E-state index is 11.7. The maximum absolute atomic E-state index is 11.7. The molecule has 4 nitrogen and oxygen atoms in total. The number of esters is 1. The van der Waals surface area contributed by atoms with Gasteiger partial charge in [0.15, 0.2) is 0 Å². The number of carbonyl (C=O) groups excluding carboxylic acids is 1. The minimum Gasteiger partial charge on any atom is -0.459 e. The normalized spacial score (nSPS) is 12.1. The van der Waals surface area contributed by atoms with Gasteiger partial charge >= 0.3 is 5.97 Å². The van der Waals surface area contributed by atoms with E-state index in [0.717, 1.165) is 0 Å². The molecule has 0 saturated carbocycles. The molecular formula is C12H17NO3. The van der Waals surface area contributed by atoms with Crippen LogP contribution in [0.2, 0.25) is 0 Å². The van der Waals surface area contributed by atoms with Gasteiger partial charge in [0, 0.05) is 25.8 Å². The van der Waals surface area contributed by atoms with Gasteiger partial charge in [0.2, 0.25) is 0 Å². The first-order chi connectivity index (χ1) is 7.65. The van der Waals surface area contributed by atoms with Gasteiger partial charge in [-0.05, 0) is 19.1 Å². The van der Waals surface area contributed by atoms with Crippen LogP contribution in [0.15, 0.2) is 24.3 Å². The van der Waals surface area contributed by atoms with Crippen LogP contribution in [0.25, 0.3) is 0 Å². The molecule has 0 fully saturated rings. The van der Waals surface area contributed by atoms with E-state index in [1.807, 2.05) is 6.92 Å². The molecule has 1 aromatic carbocycles. The van der Waals surface area contributed by atoms with Crippen molar-refractivity contribution in [3.05, 3.63) is 29.8 Å². The average molecular weight is 223 g/mol. The van der Waals surface area contributed by atoms with Crippen molar-refractivity contribution in [1.82, 2.24) is 0 Å². The molecule has 0 amide bonds. The van der Waals surface area contributed by atoms with E-state index >= 15 is 0 Å². The second-order valence-electron chi connectivity index (χ2n) is 3.58. The third-order valence-electron chi connectivity index (χ3n) is 2.22. The lowest BCUT2D eigenvalue weighted by atomic mass is 10.2. The maximum Gasteiger partial charge on any atom is 0.340 e. The Morgan fingerprint density at radius 3 is 2.75 bits per heavy atom. The number of rotatable bonds is 5. The lowest BCUT2D eigenvalue weighted by Gasteiger charge is -2.13. The van der Waals surface area contributed by atoms with Crippen molar-refractivity contribution in [2.45, 2.75) is 19.4 Å². The van der Waals surface area contributed by atoms with Gasteiger partial charge in [0.1, 0.15) is 6.10 Å². The molecule has 2 N–H and O–H groups in total. The molecule has 1 unspecified atom stereocenters.